The van der Waals surface area contributed by atoms with E-state index in [2.05, 4.69) is 25.7 Å². The number of ether oxygens (including phenoxy) is 1. The van der Waals surface area contributed by atoms with Crippen LogP contribution in [0.5, 0.6) is 5.75 Å². The summed E-state index contributed by atoms with van der Waals surface area (Å²) < 4.78 is 40.2. The predicted octanol–water partition coefficient (Wildman–Crippen LogP) is 3.29. The molecule has 0 spiro atoms. The lowest BCUT2D eigenvalue weighted by Crippen LogP contribution is -2.19. The Morgan fingerprint density at radius 2 is 2.19 bits per heavy atom. The molecular formula is C8H4BrF3INO2. The molecule has 1 heterocycles. The SMILES string of the molecule is O=Cc1nc(I)c(CBr)cc1OC(F)(F)F. The molecule has 3 nitrogen and oxygen atoms in total. The molecule has 8 heteroatoms. The Morgan fingerprint density at radius 3 is 2.62 bits per heavy atom. The molecular weight excluding hydrogens is 406 g/mol. The Balaban J connectivity index is 3.20. The van der Waals surface area contributed by atoms with Crippen molar-refractivity contribution in [1.82, 2.24) is 4.98 Å². The molecule has 16 heavy (non-hydrogen) atoms. The van der Waals surface area contributed by atoms with Crippen LogP contribution in [0.1, 0.15) is 16.1 Å². The summed E-state index contributed by atoms with van der Waals surface area (Å²) in [6.45, 7) is 0. The van der Waals surface area contributed by atoms with E-state index in [-0.39, 0.29) is 12.0 Å². The number of hydrogen-bond donors (Lipinski definition) is 0. The zero-order chi connectivity index (χ0) is 12.3. The number of halogens is 5. The fourth-order valence-electron chi connectivity index (χ4n) is 0.909. The third-order valence-electron chi connectivity index (χ3n) is 1.52. The first-order valence-corrected chi connectivity index (χ1v) is 6.03. The zero-order valence-electron chi connectivity index (χ0n) is 7.52. The number of hydrogen-bond acceptors (Lipinski definition) is 3. The molecule has 0 aliphatic carbocycles. The van der Waals surface area contributed by atoms with Crippen LogP contribution in [0, 0.1) is 3.70 Å². The van der Waals surface area contributed by atoms with E-state index in [1.165, 1.54) is 0 Å². The van der Waals surface area contributed by atoms with E-state index in [9.17, 15) is 18.0 Å². The highest BCUT2D eigenvalue weighted by Crippen LogP contribution is 2.28. The summed E-state index contributed by atoms with van der Waals surface area (Å²) in [6.07, 6.45) is -4.61. The molecule has 0 fully saturated rings. The largest absolute Gasteiger partial charge is 0.573 e. The lowest BCUT2D eigenvalue weighted by Gasteiger charge is -2.11. The highest BCUT2D eigenvalue weighted by atomic mass is 127. The summed E-state index contributed by atoms with van der Waals surface area (Å²) in [4.78, 5) is 14.3. The molecule has 0 radical (unpaired) electrons. The number of aldehydes is 1. The highest BCUT2D eigenvalue weighted by molar-refractivity contribution is 14.1. The van der Waals surface area contributed by atoms with Crippen molar-refractivity contribution in [3.05, 3.63) is 21.0 Å². The number of nitrogens with zero attached hydrogens (tertiary/aromatic N) is 1. The standard InChI is InChI=1S/C8H4BrF3INO2/c9-2-4-1-6(16-8(10,11)12)5(3-15)14-7(4)13/h1,3H,2H2. The molecule has 0 amide bonds. The van der Waals surface area contributed by atoms with E-state index in [4.69, 9.17) is 0 Å². The summed E-state index contributed by atoms with van der Waals surface area (Å²) in [6, 6.07) is 1.14. The first-order valence-electron chi connectivity index (χ1n) is 3.83. The summed E-state index contributed by atoms with van der Waals surface area (Å²) in [5.41, 5.74) is 0.150. The summed E-state index contributed by atoms with van der Waals surface area (Å²) in [5, 5.41) is 0.325. The van der Waals surface area contributed by atoms with Gasteiger partial charge in [0.25, 0.3) is 0 Å². The lowest BCUT2D eigenvalue weighted by molar-refractivity contribution is -0.274. The van der Waals surface area contributed by atoms with Crippen molar-refractivity contribution in [3.63, 3.8) is 0 Å². The van der Waals surface area contributed by atoms with Crippen LogP contribution < -0.4 is 4.74 Å². The molecule has 0 saturated carbocycles. The van der Waals surface area contributed by atoms with Gasteiger partial charge in [0.05, 0.1) is 0 Å². The Morgan fingerprint density at radius 1 is 1.56 bits per heavy atom. The highest BCUT2D eigenvalue weighted by Gasteiger charge is 2.32. The first-order chi connectivity index (χ1) is 7.37. The Hall–Kier alpha value is -0.380. The van der Waals surface area contributed by atoms with Gasteiger partial charge in [0.1, 0.15) is 9.39 Å². The van der Waals surface area contributed by atoms with Gasteiger partial charge < -0.3 is 4.74 Å². The molecule has 0 aliphatic rings. The van der Waals surface area contributed by atoms with Crippen LogP contribution >= 0.6 is 38.5 Å². The molecule has 1 rings (SSSR count). The van der Waals surface area contributed by atoms with Gasteiger partial charge in [-0.1, -0.05) is 15.9 Å². The topological polar surface area (TPSA) is 39.2 Å². The minimum absolute atomic E-state index is 0.223. The number of alkyl halides is 4. The summed E-state index contributed by atoms with van der Waals surface area (Å²) in [5.74, 6) is -0.586. The van der Waals surface area contributed by atoms with E-state index < -0.39 is 12.1 Å². The lowest BCUT2D eigenvalue weighted by atomic mass is 10.2. The minimum atomic E-state index is -4.84. The van der Waals surface area contributed by atoms with Gasteiger partial charge in [0.2, 0.25) is 0 Å². The maximum Gasteiger partial charge on any atom is 0.573 e. The van der Waals surface area contributed by atoms with Crippen molar-refractivity contribution in [2.75, 3.05) is 0 Å². The molecule has 1 aromatic heterocycles. The first kappa shape index (κ1) is 13.7. The predicted molar refractivity (Wildman–Crippen MR) is 61.7 cm³/mol. The van der Waals surface area contributed by atoms with E-state index in [0.717, 1.165) is 6.07 Å². The third kappa shape index (κ3) is 3.58. The second kappa shape index (κ2) is 5.30. The number of rotatable bonds is 3. The monoisotopic (exact) mass is 409 g/mol. The van der Waals surface area contributed by atoms with E-state index in [0.29, 0.717) is 14.6 Å². The van der Waals surface area contributed by atoms with Gasteiger partial charge in [-0.15, -0.1) is 13.2 Å². The number of pyridine rings is 1. The Kier molecular flexibility index (Phi) is 4.53. The Labute approximate surface area is 111 Å². The van der Waals surface area contributed by atoms with E-state index >= 15 is 0 Å². The second-order valence-electron chi connectivity index (χ2n) is 2.62. The van der Waals surface area contributed by atoms with Crippen molar-refractivity contribution in [2.45, 2.75) is 11.7 Å². The fraction of sp³-hybridized carbons (Fsp3) is 0.250. The molecule has 0 saturated heterocycles. The van der Waals surface area contributed by atoms with Crippen molar-refractivity contribution >= 4 is 44.8 Å². The van der Waals surface area contributed by atoms with Crippen molar-refractivity contribution < 1.29 is 22.7 Å². The van der Waals surface area contributed by atoms with Gasteiger partial charge >= 0.3 is 6.36 Å². The van der Waals surface area contributed by atoms with Crippen molar-refractivity contribution in [3.8, 4) is 5.75 Å². The zero-order valence-corrected chi connectivity index (χ0v) is 11.3. The quantitative estimate of drug-likeness (QED) is 0.333. The van der Waals surface area contributed by atoms with E-state index in [1.54, 1.807) is 0 Å². The normalized spacial score (nSPS) is 11.3. The summed E-state index contributed by atoms with van der Waals surface area (Å²) >= 11 is 4.93. The van der Waals surface area contributed by atoms with Crippen molar-refractivity contribution in [2.24, 2.45) is 0 Å². The van der Waals surface area contributed by atoms with Crippen LogP contribution in [-0.2, 0) is 5.33 Å². The molecule has 0 aromatic carbocycles. The van der Waals surface area contributed by atoms with Gasteiger partial charge in [-0.3, -0.25) is 4.79 Å². The smallest absolute Gasteiger partial charge is 0.403 e. The average molecular weight is 410 g/mol. The van der Waals surface area contributed by atoms with Crippen LogP contribution in [0.25, 0.3) is 0 Å². The van der Waals surface area contributed by atoms with Crippen LogP contribution in [0.3, 0.4) is 0 Å². The van der Waals surface area contributed by atoms with Gasteiger partial charge in [0.15, 0.2) is 12.0 Å². The van der Waals surface area contributed by atoms with Crippen LogP contribution in [-0.4, -0.2) is 17.6 Å². The number of carbonyl (C=O) groups excluding carboxylic acids is 1. The number of carbonyl (C=O) groups is 1. The molecule has 0 bridgehead atoms. The van der Waals surface area contributed by atoms with Crippen LogP contribution in [0.15, 0.2) is 6.07 Å². The molecule has 88 valence electrons. The maximum atomic E-state index is 12.0. The Bertz CT molecular complexity index is 411. The fourth-order valence-corrected chi connectivity index (χ4v) is 2.47. The van der Waals surface area contributed by atoms with Crippen LogP contribution in [0.4, 0.5) is 13.2 Å². The minimum Gasteiger partial charge on any atom is -0.403 e. The molecule has 0 aliphatic heterocycles. The second-order valence-corrected chi connectivity index (χ2v) is 4.20. The molecule has 0 unspecified atom stereocenters. The molecule has 1 aromatic rings. The summed E-state index contributed by atoms with van der Waals surface area (Å²) in [7, 11) is 0. The van der Waals surface area contributed by atoms with Crippen LogP contribution in [0.2, 0.25) is 0 Å². The van der Waals surface area contributed by atoms with Gasteiger partial charge in [-0.2, -0.15) is 0 Å². The van der Waals surface area contributed by atoms with Crippen molar-refractivity contribution in [1.29, 1.82) is 0 Å². The van der Waals surface area contributed by atoms with Gasteiger partial charge in [0, 0.05) is 5.33 Å². The van der Waals surface area contributed by atoms with Gasteiger partial charge in [-0.25, -0.2) is 4.98 Å². The molecule has 0 N–H and O–H groups in total. The average Bonchev–Trinajstić information content (AvgIpc) is 2.18. The van der Waals surface area contributed by atoms with E-state index in [1.807, 2.05) is 22.6 Å². The maximum absolute atomic E-state index is 12.0. The molecule has 0 atom stereocenters. The van der Waals surface area contributed by atoms with Gasteiger partial charge in [-0.05, 0) is 34.2 Å². The third-order valence-corrected chi connectivity index (χ3v) is 3.06. The number of aromatic nitrogens is 1.